The molecule has 55 heavy (non-hydrogen) atoms. The normalized spacial score (nSPS) is 14.2. The summed E-state index contributed by atoms with van der Waals surface area (Å²) in [6, 6.07) is 53.5. The molecule has 0 N–H and O–H groups in total. The zero-order valence-corrected chi connectivity index (χ0v) is 29.7. The van der Waals surface area contributed by atoms with Crippen LogP contribution >= 0.6 is 0 Å². The second-order valence-corrected chi connectivity index (χ2v) is 14.0. The van der Waals surface area contributed by atoms with Gasteiger partial charge in [0.2, 0.25) is 5.43 Å². The van der Waals surface area contributed by atoms with Crippen LogP contribution in [0.3, 0.4) is 0 Å². The summed E-state index contributed by atoms with van der Waals surface area (Å²) in [6.45, 7) is 0. The van der Waals surface area contributed by atoms with Crippen molar-refractivity contribution in [1.29, 1.82) is 0 Å². The highest BCUT2D eigenvalue weighted by molar-refractivity contribution is 6.01. The molecule has 0 fully saturated rings. The van der Waals surface area contributed by atoms with Crippen molar-refractivity contribution in [3.05, 3.63) is 192 Å². The molecule has 6 nitrogen and oxygen atoms in total. The minimum absolute atomic E-state index is 0.0412. The maximum absolute atomic E-state index is 13.6. The zero-order valence-electron chi connectivity index (χ0n) is 29.7. The lowest BCUT2D eigenvalue weighted by Crippen LogP contribution is -2.26. The molecular formula is C49H33N3O3. The molecule has 3 aliphatic rings. The summed E-state index contributed by atoms with van der Waals surface area (Å²) in [5.41, 5.74) is 12.5. The molecule has 2 aliphatic heterocycles. The summed E-state index contributed by atoms with van der Waals surface area (Å²) >= 11 is 0. The van der Waals surface area contributed by atoms with Gasteiger partial charge in [-0.15, -0.1) is 0 Å². The summed E-state index contributed by atoms with van der Waals surface area (Å²) < 4.78 is 13.0. The molecule has 8 aromatic rings. The fraction of sp³-hybridized carbons (Fsp3) is 0.0408. The Balaban J connectivity index is 1.04. The highest BCUT2D eigenvalue weighted by atomic mass is 16.5. The van der Waals surface area contributed by atoms with Crippen LogP contribution in [0.4, 0.5) is 45.5 Å². The van der Waals surface area contributed by atoms with Gasteiger partial charge in [-0.25, -0.2) is 0 Å². The third-order valence-electron chi connectivity index (χ3n) is 10.7. The first kappa shape index (κ1) is 31.2. The Kier molecular flexibility index (Phi) is 7.04. The molecule has 0 atom stereocenters. The highest BCUT2D eigenvalue weighted by Gasteiger charge is 2.33. The van der Waals surface area contributed by atoms with Crippen molar-refractivity contribution in [2.24, 2.45) is 0 Å². The molecule has 1 aliphatic carbocycles. The predicted octanol–water partition coefficient (Wildman–Crippen LogP) is 13.3. The second-order valence-electron chi connectivity index (χ2n) is 14.0. The Morgan fingerprint density at radius 3 is 1.80 bits per heavy atom. The van der Waals surface area contributed by atoms with Crippen LogP contribution in [0.1, 0.15) is 12.8 Å². The van der Waals surface area contributed by atoms with Gasteiger partial charge in [0.15, 0.2) is 11.5 Å². The van der Waals surface area contributed by atoms with E-state index in [9.17, 15) is 4.79 Å². The molecule has 6 heteroatoms. The van der Waals surface area contributed by atoms with Gasteiger partial charge >= 0.3 is 0 Å². The van der Waals surface area contributed by atoms with Crippen molar-refractivity contribution in [1.82, 2.24) is 0 Å². The smallest absolute Gasteiger partial charge is 0.200 e. The molecular weight excluding hydrogens is 679 g/mol. The number of para-hydroxylation sites is 6. The minimum atomic E-state index is -0.0412. The average Bonchev–Trinajstić information content (AvgIpc) is 3.25. The Labute approximate surface area is 317 Å². The lowest BCUT2D eigenvalue weighted by molar-refractivity contribution is 0.477. The standard InChI is InChI=1S/C49H33N3O3/c53-49-37-17-7-12-22-45(37)54-46-28-24-32(29-38(46)49)33-23-26-43-47(30-33)55-48-31-36(25-27-44(48)51(43)35-15-5-2-6-16-35)52-41-20-10-8-18-39(41)50(34-13-3-1-4-14-34)40-19-9-11-21-42(40)52/h2-3,5-31H,1,4H2. The van der Waals surface area contributed by atoms with Crippen molar-refractivity contribution in [2.45, 2.75) is 12.8 Å². The first-order valence-electron chi connectivity index (χ1n) is 18.6. The molecule has 0 bridgehead atoms. The van der Waals surface area contributed by atoms with E-state index >= 15 is 0 Å². The Bertz CT molecular complexity index is 2920. The third kappa shape index (κ3) is 4.99. The SMILES string of the molecule is O=c1c2ccccc2oc2ccc(-c3ccc4c(c3)Oc3cc(N5c6ccccc6N(C6=CCCC=C6)c6ccccc65)ccc3N4c3ccccc3)cc12. The number of rotatable bonds is 4. The predicted molar refractivity (Wildman–Crippen MR) is 223 cm³/mol. The number of hydrogen-bond acceptors (Lipinski definition) is 6. The van der Waals surface area contributed by atoms with Gasteiger partial charge in [-0.3, -0.25) is 4.79 Å². The van der Waals surface area contributed by atoms with E-state index in [0.29, 0.717) is 21.9 Å². The fourth-order valence-corrected chi connectivity index (χ4v) is 8.22. The van der Waals surface area contributed by atoms with Crippen LogP contribution in [0.25, 0.3) is 33.1 Å². The molecule has 0 amide bonds. The largest absolute Gasteiger partial charge is 0.456 e. The first-order chi connectivity index (χ1) is 27.2. The van der Waals surface area contributed by atoms with E-state index in [0.717, 1.165) is 81.0 Å². The van der Waals surface area contributed by atoms with Gasteiger partial charge in [0, 0.05) is 17.5 Å². The number of fused-ring (bicyclic) bond motifs is 6. The molecule has 0 spiro atoms. The van der Waals surface area contributed by atoms with Gasteiger partial charge in [-0.2, -0.15) is 0 Å². The maximum atomic E-state index is 13.6. The molecule has 1 aromatic heterocycles. The second kappa shape index (κ2) is 12.4. The number of benzene rings is 7. The lowest BCUT2D eigenvalue weighted by Gasteiger charge is -2.41. The molecule has 0 radical (unpaired) electrons. The Morgan fingerprint density at radius 1 is 0.455 bits per heavy atom. The van der Waals surface area contributed by atoms with Gasteiger partial charge in [-0.05, 0) is 115 Å². The van der Waals surface area contributed by atoms with Crippen LogP contribution in [0, 0.1) is 0 Å². The quantitative estimate of drug-likeness (QED) is 0.169. The number of ether oxygens (including phenoxy) is 1. The summed E-state index contributed by atoms with van der Waals surface area (Å²) in [4.78, 5) is 20.5. The molecule has 262 valence electrons. The number of hydrogen-bond donors (Lipinski definition) is 0. The average molecular weight is 712 g/mol. The van der Waals surface area contributed by atoms with E-state index in [2.05, 4.69) is 142 Å². The highest BCUT2D eigenvalue weighted by Crippen LogP contribution is 2.56. The van der Waals surface area contributed by atoms with Gasteiger partial charge in [0.1, 0.15) is 11.2 Å². The molecule has 7 aromatic carbocycles. The lowest BCUT2D eigenvalue weighted by atomic mass is 10.0. The molecule has 0 saturated heterocycles. The van der Waals surface area contributed by atoms with Gasteiger partial charge in [0.05, 0.1) is 50.6 Å². The Hall–Kier alpha value is -7.31. The van der Waals surface area contributed by atoms with Crippen LogP contribution in [-0.2, 0) is 0 Å². The van der Waals surface area contributed by atoms with Crippen LogP contribution < -0.4 is 24.9 Å². The van der Waals surface area contributed by atoms with Crippen molar-refractivity contribution in [3.8, 4) is 22.6 Å². The van der Waals surface area contributed by atoms with Gasteiger partial charge in [-0.1, -0.05) is 78.9 Å². The monoisotopic (exact) mass is 711 g/mol. The topological polar surface area (TPSA) is 49.2 Å². The fourth-order valence-electron chi connectivity index (χ4n) is 8.22. The summed E-state index contributed by atoms with van der Waals surface area (Å²) in [5, 5.41) is 1.12. The van der Waals surface area contributed by atoms with Gasteiger partial charge < -0.3 is 23.9 Å². The summed E-state index contributed by atoms with van der Waals surface area (Å²) in [5.74, 6) is 1.46. The van der Waals surface area contributed by atoms with E-state index in [1.165, 1.54) is 5.70 Å². The molecule has 3 heterocycles. The number of anilines is 8. The van der Waals surface area contributed by atoms with E-state index in [4.69, 9.17) is 9.15 Å². The van der Waals surface area contributed by atoms with Crippen molar-refractivity contribution in [3.63, 3.8) is 0 Å². The van der Waals surface area contributed by atoms with Crippen LogP contribution in [0.2, 0.25) is 0 Å². The Morgan fingerprint density at radius 2 is 1.05 bits per heavy atom. The van der Waals surface area contributed by atoms with Crippen molar-refractivity contribution >= 4 is 67.4 Å². The number of nitrogens with zero attached hydrogens (tertiary/aromatic N) is 3. The van der Waals surface area contributed by atoms with E-state index < -0.39 is 0 Å². The summed E-state index contributed by atoms with van der Waals surface area (Å²) in [6.07, 6.45) is 8.90. The van der Waals surface area contributed by atoms with E-state index in [-0.39, 0.29) is 5.43 Å². The molecule has 11 rings (SSSR count). The molecule has 0 saturated carbocycles. The zero-order chi connectivity index (χ0) is 36.5. The molecule has 0 unspecified atom stereocenters. The first-order valence-corrected chi connectivity index (χ1v) is 18.6. The maximum Gasteiger partial charge on any atom is 0.200 e. The summed E-state index contributed by atoms with van der Waals surface area (Å²) in [7, 11) is 0. The van der Waals surface area contributed by atoms with Crippen LogP contribution in [0.15, 0.2) is 191 Å². The van der Waals surface area contributed by atoms with Crippen molar-refractivity contribution in [2.75, 3.05) is 14.7 Å². The van der Waals surface area contributed by atoms with E-state index in [1.54, 1.807) is 0 Å². The third-order valence-corrected chi connectivity index (χ3v) is 10.7. The van der Waals surface area contributed by atoms with Crippen molar-refractivity contribution < 1.29 is 9.15 Å². The number of allylic oxidation sites excluding steroid dienone is 3. The minimum Gasteiger partial charge on any atom is -0.456 e. The van der Waals surface area contributed by atoms with Gasteiger partial charge in [0.25, 0.3) is 0 Å². The van der Waals surface area contributed by atoms with Crippen LogP contribution in [-0.4, -0.2) is 0 Å². The van der Waals surface area contributed by atoms with E-state index in [1.807, 2.05) is 48.5 Å². The van der Waals surface area contributed by atoms with Crippen LogP contribution in [0.5, 0.6) is 11.5 Å².